The van der Waals surface area contributed by atoms with E-state index in [0.29, 0.717) is 6.42 Å². The van der Waals surface area contributed by atoms with Gasteiger partial charge in [-0.15, -0.1) is 0 Å². The normalized spacial score (nSPS) is 20.6. The van der Waals surface area contributed by atoms with Gasteiger partial charge in [0.25, 0.3) is 0 Å². The molecule has 7 heteroatoms. The van der Waals surface area contributed by atoms with Crippen LogP contribution < -0.4 is 5.32 Å². The standard InChI is InChI=1S/C15H26N2O5/c1-7-12(19)16-8-11(18)10-9-21-15(5,6)17(10)13(20)22-14(2,3)4/h10H,7-9H2,1-6H3,(H,16,19)/t10-/m0/s1. The molecule has 0 bridgehead atoms. The molecule has 1 saturated heterocycles. The molecule has 0 aliphatic carbocycles. The van der Waals surface area contributed by atoms with E-state index in [1.165, 1.54) is 4.90 Å². The number of nitrogens with zero attached hydrogens (tertiary/aromatic N) is 1. The summed E-state index contributed by atoms with van der Waals surface area (Å²) in [6.07, 6.45) is -0.300. The third kappa shape index (κ3) is 4.69. The van der Waals surface area contributed by atoms with E-state index >= 15 is 0 Å². The van der Waals surface area contributed by atoms with Crippen molar-refractivity contribution in [3.05, 3.63) is 0 Å². The van der Waals surface area contributed by atoms with Crippen LogP contribution in [0.3, 0.4) is 0 Å². The Hall–Kier alpha value is -1.63. The van der Waals surface area contributed by atoms with Crippen LogP contribution in [0.5, 0.6) is 0 Å². The van der Waals surface area contributed by atoms with Crippen LogP contribution in [0.25, 0.3) is 0 Å². The van der Waals surface area contributed by atoms with E-state index in [-0.39, 0.29) is 24.8 Å². The predicted molar refractivity (Wildman–Crippen MR) is 80.2 cm³/mol. The van der Waals surface area contributed by atoms with Gasteiger partial charge in [0, 0.05) is 6.42 Å². The Kier molecular flexibility index (Phi) is 5.56. The van der Waals surface area contributed by atoms with E-state index in [4.69, 9.17) is 9.47 Å². The average Bonchev–Trinajstić information content (AvgIpc) is 2.69. The fourth-order valence-electron chi connectivity index (χ4n) is 2.13. The molecule has 1 aliphatic rings. The number of carbonyl (C=O) groups excluding carboxylic acids is 3. The molecule has 7 nitrogen and oxygen atoms in total. The maximum absolute atomic E-state index is 12.4. The number of ether oxygens (including phenoxy) is 2. The molecular weight excluding hydrogens is 288 g/mol. The van der Waals surface area contributed by atoms with Gasteiger partial charge < -0.3 is 14.8 Å². The first-order valence-corrected chi connectivity index (χ1v) is 7.43. The largest absolute Gasteiger partial charge is 0.444 e. The lowest BCUT2D eigenvalue weighted by atomic mass is 10.1. The summed E-state index contributed by atoms with van der Waals surface area (Å²) in [6.45, 7) is 10.3. The van der Waals surface area contributed by atoms with Gasteiger partial charge in [0.2, 0.25) is 5.91 Å². The van der Waals surface area contributed by atoms with E-state index in [9.17, 15) is 14.4 Å². The quantitative estimate of drug-likeness (QED) is 0.849. The van der Waals surface area contributed by atoms with Gasteiger partial charge in [0.15, 0.2) is 5.78 Å². The first kappa shape index (κ1) is 18.4. The summed E-state index contributed by atoms with van der Waals surface area (Å²) in [4.78, 5) is 37.2. The first-order chi connectivity index (χ1) is 9.98. The monoisotopic (exact) mass is 314 g/mol. The summed E-state index contributed by atoms with van der Waals surface area (Å²) in [5.41, 5.74) is -1.60. The number of rotatable bonds is 4. The van der Waals surface area contributed by atoms with Gasteiger partial charge in [-0.05, 0) is 34.6 Å². The number of hydrogen-bond donors (Lipinski definition) is 1. The Labute approximate surface area is 131 Å². The fourth-order valence-corrected chi connectivity index (χ4v) is 2.13. The maximum Gasteiger partial charge on any atom is 0.413 e. The predicted octanol–water partition coefficient (Wildman–Crippen LogP) is 1.45. The number of ketones is 1. The molecule has 126 valence electrons. The highest BCUT2D eigenvalue weighted by atomic mass is 16.6. The zero-order chi connectivity index (χ0) is 17.1. The molecule has 0 aromatic heterocycles. The number of Topliss-reactive ketones (excluding diaryl/α,β-unsaturated/α-hetero) is 1. The van der Waals surface area contributed by atoms with Crippen LogP contribution in [0.1, 0.15) is 48.0 Å². The van der Waals surface area contributed by atoms with Crippen LogP contribution in [0.15, 0.2) is 0 Å². The topological polar surface area (TPSA) is 84.9 Å². The molecule has 1 N–H and O–H groups in total. The zero-order valence-electron chi connectivity index (χ0n) is 14.2. The van der Waals surface area contributed by atoms with Crippen molar-refractivity contribution in [1.29, 1.82) is 0 Å². The fraction of sp³-hybridized carbons (Fsp3) is 0.800. The van der Waals surface area contributed by atoms with Gasteiger partial charge in [-0.3, -0.25) is 14.5 Å². The Balaban J connectivity index is 2.82. The van der Waals surface area contributed by atoms with Crippen molar-refractivity contribution in [3.63, 3.8) is 0 Å². The third-order valence-electron chi connectivity index (χ3n) is 3.23. The Morgan fingerprint density at radius 3 is 2.41 bits per heavy atom. The molecular formula is C15H26N2O5. The van der Waals surface area contributed by atoms with Crippen molar-refractivity contribution in [2.24, 2.45) is 0 Å². The van der Waals surface area contributed by atoms with Gasteiger partial charge in [-0.2, -0.15) is 0 Å². The Morgan fingerprint density at radius 1 is 1.32 bits per heavy atom. The second-order valence-corrected chi connectivity index (χ2v) is 6.72. The molecule has 0 unspecified atom stereocenters. The molecule has 0 spiro atoms. The highest BCUT2D eigenvalue weighted by Crippen LogP contribution is 2.29. The molecule has 22 heavy (non-hydrogen) atoms. The third-order valence-corrected chi connectivity index (χ3v) is 3.23. The molecule has 0 aromatic carbocycles. The van der Waals surface area contributed by atoms with Crippen LogP contribution >= 0.6 is 0 Å². The molecule has 1 atom stereocenters. The molecule has 2 amide bonds. The molecule has 1 fully saturated rings. The summed E-state index contributed by atoms with van der Waals surface area (Å²) >= 11 is 0. The van der Waals surface area contributed by atoms with E-state index in [1.807, 2.05) is 0 Å². The first-order valence-electron chi connectivity index (χ1n) is 7.43. The van der Waals surface area contributed by atoms with Crippen molar-refractivity contribution in [2.75, 3.05) is 13.2 Å². The SMILES string of the molecule is CCC(=O)NCC(=O)[C@@H]1COC(C)(C)N1C(=O)OC(C)(C)C. The second-order valence-electron chi connectivity index (χ2n) is 6.72. The molecule has 0 aromatic rings. The summed E-state index contributed by atoms with van der Waals surface area (Å²) in [5, 5.41) is 2.52. The number of carbonyl (C=O) groups is 3. The number of amides is 2. The minimum absolute atomic E-state index is 0.0903. The van der Waals surface area contributed by atoms with Gasteiger partial charge >= 0.3 is 6.09 Å². The molecule has 0 saturated carbocycles. The van der Waals surface area contributed by atoms with E-state index < -0.39 is 23.5 Å². The zero-order valence-corrected chi connectivity index (χ0v) is 14.2. The van der Waals surface area contributed by atoms with Gasteiger partial charge in [0.1, 0.15) is 17.4 Å². The van der Waals surface area contributed by atoms with Gasteiger partial charge in [0.05, 0.1) is 13.2 Å². The highest BCUT2D eigenvalue weighted by Gasteiger charge is 2.48. The summed E-state index contributed by atoms with van der Waals surface area (Å²) in [7, 11) is 0. The Bertz CT molecular complexity index is 453. The van der Waals surface area contributed by atoms with Gasteiger partial charge in [-0.1, -0.05) is 6.92 Å². The van der Waals surface area contributed by atoms with Crippen LogP contribution in [0.4, 0.5) is 4.79 Å². The molecule has 0 radical (unpaired) electrons. The lowest BCUT2D eigenvalue weighted by Crippen LogP contribution is -2.53. The van der Waals surface area contributed by atoms with E-state index in [0.717, 1.165) is 0 Å². The second kappa shape index (κ2) is 6.64. The molecule has 1 heterocycles. The smallest absolute Gasteiger partial charge is 0.413 e. The highest BCUT2D eigenvalue weighted by molar-refractivity contribution is 5.92. The molecule has 1 rings (SSSR count). The van der Waals surface area contributed by atoms with Crippen molar-refractivity contribution in [1.82, 2.24) is 10.2 Å². The summed E-state index contributed by atoms with van der Waals surface area (Å²) in [5.74, 6) is -0.492. The summed E-state index contributed by atoms with van der Waals surface area (Å²) < 4.78 is 10.9. The lowest BCUT2D eigenvalue weighted by molar-refractivity contribution is -0.127. The lowest BCUT2D eigenvalue weighted by Gasteiger charge is -2.34. The number of hydrogen-bond acceptors (Lipinski definition) is 5. The number of nitrogens with one attached hydrogen (secondary N) is 1. The van der Waals surface area contributed by atoms with Crippen molar-refractivity contribution in [3.8, 4) is 0 Å². The van der Waals surface area contributed by atoms with E-state index in [1.54, 1.807) is 41.5 Å². The van der Waals surface area contributed by atoms with E-state index in [2.05, 4.69) is 5.32 Å². The van der Waals surface area contributed by atoms with Crippen LogP contribution in [-0.4, -0.2) is 53.2 Å². The van der Waals surface area contributed by atoms with Crippen LogP contribution in [0.2, 0.25) is 0 Å². The molecule has 1 aliphatic heterocycles. The van der Waals surface area contributed by atoms with Crippen LogP contribution in [-0.2, 0) is 19.1 Å². The van der Waals surface area contributed by atoms with Gasteiger partial charge in [-0.25, -0.2) is 4.79 Å². The minimum Gasteiger partial charge on any atom is -0.444 e. The van der Waals surface area contributed by atoms with Crippen molar-refractivity contribution >= 4 is 17.8 Å². The summed E-state index contributed by atoms with van der Waals surface area (Å²) in [6, 6.07) is -0.762. The maximum atomic E-state index is 12.4. The minimum atomic E-state index is -0.933. The van der Waals surface area contributed by atoms with Crippen molar-refractivity contribution in [2.45, 2.75) is 65.3 Å². The van der Waals surface area contributed by atoms with Crippen molar-refractivity contribution < 1.29 is 23.9 Å². The Morgan fingerprint density at radius 2 is 1.91 bits per heavy atom. The average molecular weight is 314 g/mol. The van der Waals surface area contributed by atoms with Crippen LogP contribution in [0, 0.1) is 0 Å².